The third-order valence-corrected chi connectivity index (χ3v) is 7.87. The Morgan fingerprint density at radius 1 is 1.06 bits per heavy atom. The van der Waals surface area contributed by atoms with Crippen LogP contribution in [-0.2, 0) is 19.1 Å². The van der Waals surface area contributed by atoms with E-state index in [9.17, 15) is 9.59 Å². The second kappa shape index (κ2) is 10.0. The lowest BCUT2D eigenvalue weighted by Gasteiger charge is -2.42. The van der Waals surface area contributed by atoms with E-state index in [4.69, 9.17) is 14.2 Å². The van der Waals surface area contributed by atoms with Crippen molar-refractivity contribution in [3.63, 3.8) is 0 Å². The number of nitrogens with one attached hydrogen (secondary N) is 1. The zero-order chi connectivity index (χ0) is 22.8. The van der Waals surface area contributed by atoms with E-state index >= 15 is 0 Å². The molecule has 7 nitrogen and oxygen atoms in total. The highest BCUT2D eigenvalue weighted by Gasteiger charge is 2.38. The van der Waals surface area contributed by atoms with Gasteiger partial charge in [-0.2, -0.15) is 0 Å². The summed E-state index contributed by atoms with van der Waals surface area (Å²) in [5, 5.41) is 3.19. The number of ether oxygens (including phenoxy) is 3. The number of fused-ring (bicyclic) bond motifs is 5. The van der Waals surface area contributed by atoms with Crippen molar-refractivity contribution in [3.8, 4) is 5.75 Å². The van der Waals surface area contributed by atoms with Crippen LogP contribution in [0.1, 0.15) is 68.4 Å². The van der Waals surface area contributed by atoms with Crippen LogP contribution in [0.5, 0.6) is 5.75 Å². The van der Waals surface area contributed by atoms with Gasteiger partial charge < -0.3 is 24.4 Å². The predicted molar refractivity (Wildman–Crippen MR) is 123 cm³/mol. The van der Waals surface area contributed by atoms with Gasteiger partial charge in [0.05, 0.1) is 24.8 Å². The van der Waals surface area contributed by atoms with Crippen molar-refractivity contribution >= 4 is 11.8 Å². The smallest absolute Gasteiger partial charge is 0.260 e. The van der Waals surface area contributed by atoms with Crippen molar-refractivity contribution in [2.24, 2.45) is 0 Å². The molecule has 3 fully saturated rings. The van der Waals surface area contributed by atoms with Crippen LogP contribution in [0.25, 0.3) is 0 Å². The van der Waals surface area contributed by atoms with Crippen LogP contribution in [0.15, 0.2) is 18.2 Å². The topological polar surface area (TPSA) is 77.1 Å². The quantitative estimate of drug-likeness (QED) is 0.740. The van der Waals surface area contributed by atoms with Gasteiger partial charge in [-0.25, -0.2) is 0 Å². The molecule has 1 aromatic rings. The molecular formula is C26H36N2O5. The van der Waals surface area contributed by atoms with Crippen molar-refractivity contribution < 1.29 is 23.8 Å². The van der Waals surface area contributed by atoms with Gasteiger partial charge in [0.25, 0.3) is 5.91 Å². The van der Waals surface area contributed by atoms with Gasteiger partial charge in [-0.1, -0.05) is 12.1 Å². The molecule has 0 aromatic heterocycles. The second-order valence-electron chi connectivity index (χ2n) is 10.00. The first-order chi connectivity index (χ1) is 16.1. The number of rotatable bonds is 2. The highest BCUT2D eigenvalue weighted by Crippen LogP contribution is 2.40. The third-order valence-electron chi connectivity index (χ3n) is 7.87. The highest BCUT2D eigenvalue weighted by molar-refractivity contribution is 5.82. The van der Waals surface area contributed by atoms with Gasteiger partial charge in [0.2, 0.25) is 5.91 Å². The maximum Gasteiger partial charge on any atom is 0.260 e. The fraction of sp³-hybridized carbons (Fsp3) is 0.692. The van der Waals surface area contributed by atoms with E-state index in [1.165, 1.54) is 11.1 Å². The summed E-state index contributed by atoms with van der Waals surface area (Å²) in [7, 11) is 0. The maximum absolute atomic E-state index is 13.3. The first-order valence-corrected chi connectivity index (χ1v) is 12.7. The summed E-state index contributed by atoms with van der Waals surface area (Å²) < 4.78 is 18.1. The van der Waals surface area contributed by atoms with Crippen molar-refractivity contribution in [2.75, 3.05) is 26.4 Å². The molecule has 2 unspecified atom stereocenters. The Balaban J connectivity index is 1.37. The molecule has 0 radical (unpaired) electrons. The van der Waals surface area contributed by atoms with E-state index in [0.717, 1.165) is 57.1 Å². The van der Waals surface area contributed by atoms with Gasteiger partial charge in [0.15, 0.2) is 6.61 Å². The van der Waals surface area contributed by atoms with Crippen molar-refractivity contribution in [1.82, 2.24) is 10.2 Å². The van der Waals surface area contributed by atoms with Gasteiger partial charge >= 0.3 is 0 Å². The molecule has 6 rings (SSSR count). The number of carbonyl (C=O) groups is 2. The first kappa shape index (κ1) is 22.7. The number of piperidine rings is 1. The van der Waals surface area contributed by atoms with E-state index in [1.54, 1.807) is 0 Å². The minimum Gasteiger partial charge on any atom is -0.483 e. The van der Waals surface area contributed by atoms with Crippen LogP contribution in [0.4, 0.5) is 0 Å². The number of hydrogen-bond acceptors (Lipinski definition) is 5. The summed E-state index contributed by atoms with van der Waals surface area (Å²) in [4.78, 5) is 28.0. The summed E-state index contributed by atoms with van der Waals surface area (Å²) in [6, 6.07) is 5.82. The van der Waals surface area contributed by atoms with Crippen LogP contribution in [0.3, 0.4) is 0 Å². The largest absolute Gasteiger partial charge is 0.483 e. The minimum absolute atomic E-state index is 0.00943. The molecule has 1 aliphatic carbocycles. The van der Waals surface area contributed by atoms with E-state index in [-0.39, 0.29) is 42.7 Å². The van der Waals surface area contributed by atoms with Crippen LogP contribution < -0.4 is 10.1 Å². The highest BCUT2D eigenvalue weighted by atomic mass is 16.5. The fourth-order valence-electron chi connectivity index (χ4n) is 6.08. The molecule has 1 saturated carbocycles. The van der Waals surface area contributed by atoms with Crippen LogP contribution in [0.2, 0.25) is 0 Å². The summed E-state index contributed by atoms with van der Waals surface area (Å²) in [6.07, 6.45) is 7.33. The Kier molecular flexibility index (Phi) is 6.88. The van der Waals surface area contributed by atoms with Crippen molar-refractivity contribution in [1.29, 1.82) is 0 Å². The standard InChI is InChI=1S/C26H36N2O5/c1-17-5-2-7-22-25(17)18-9-11-19(12-10-18)32-15-21-20(27-26(30)23-8-4-14-31-23)6-3-13-28(21)24(29)16-33-22/h2,5,7,18-21,23H,3-4,6,8-16H2,1H3,(H,27,30)/t18?,19?,20-,21?,23?/m0/s1. The SMILES string of the molecule is Cc1cccc2c1C1CCC(CC1)OCC1[C@@H](NC(=O)C3CCCO3)CCCN1C(=O)CO2. The molecule has 33 heavy (non-hydrogen) atoms. The Morgan fingerprint density at radius 2 is 1.91 bits per heavy atom. The molecule has 1 N–H and O–H groups in total. The van der Waals surface area contributed by atoms with Crippen LogP contribution >= 0.6 is 0 Å². The number of aryl methyl sites for hydroxylation is 1. The van der Waals surface area contributed by atoms with Gasteiger partial charge in [0, 0.05) is 18.7 Å². The lowest BCUT2D eigenvalue weighted by molar-refractivity contribution is -0.143. The zero-order valence-corrected chi connectivity index (χ0v) is 19.6. The van der Waals surface area contributed by atoms with Gasteiger partial charge in [-0.05, 0) is 75.8 Å². The van der Waals surface area contributed by atoms with Crippen LogP contribution in [0, 0.1) is 6.92 Å². The zero-order valence-electron chi connectivity index (χ0n) is 19.6. The molecule has 5 aliphatic rings. The number of amides is 2. The normalized spacial score (nSPS) is 32.6. The molecule has 4 aliphatic heterocycles. The van der Waals surface area contributed by atoms with E-state index < -0.39 is 0 Å². The van der Waals surface area contributed by atoms with Crippen LogP contribution in [-0.4, -0.2) is 67.4 Å². The summed E-state index contributed by atoms with van der Waals surface area (Å²) in [5.41, 5.74) is 2.48. The molecule has 3 atom stereocenters. The molecule has 2 saturated heterocycles. The number of hydrogen-bond donors (Lipinski definition) is 1. The Morgan fingerprint density at radius 3 is 2.70 bits per heavy atom. The molecule has 2 amide bonds. The maximum atomic E-state index is 13.3. The average molecular weight is 457 g/mol. The molecular weight excluding hydrogens is 420 g/mol. The second-order valence-corrected chi connectivity index (χ2v) is 10.00. The Bertz CT molecular complexity index is 860. The van der Waals surface area contributed by atoms with Gasteiger partial charge in [-0.15, -0.1) is 0 Å². The van der Waals surface area contributed by atoms with Crippen molar-refractivity contribution in [2.45, 2.75) is 88.5 Å². The molecule has 1 aromatic carbocycles. The molecule has 0 spiro atoms. The fourth-order valence-corrected chi connectivity index (χ4v) is 6.08. The van der Waals surface area contributed by atoms with E-state index in [2.05, 4.69) is 18.3 Å². The van der Waals surface area contributed by atoms with Gasteiger partial charge in [0.1, 0.15) is 11.9 Å². The average Bonchev–Trinajstić information content (AvgIpc) is 3.37. The first-order valence-electron chi connectivity index (χ1n) is 12.7. The lowest BCUT2D eigenvalue weighted by atomic mass is 9.80. The van der Waals surface area contributed by atoms with E-state index in [0.29, 0.717) is 25.7 Å². The lowest BCUT2D eigenvalue weighted by Crippen LogP contribution is -2.60. The number of carbonyl (C=O) groups excluding carboxylic acids is 2. The Hall–Kier alpha value is -2.12. The van der Waals surface area contributed by atoms with E-state index in [1.807, 2.05) is 17.0 Å². The Labute approximate surface area is 196 Å². The number of nitrogens with zero attached hydrogens (tertiary/aromatic N) is 1. The molecule has 7 heteroatoms. The summed E-state index contributed by atoms with van der Waals surface area (Å²) in [5.74, 6) is 1.18. The monoisotopic (exact) mass is 456 g/mol. The minimum atomic E-state index is -0.370. The summed E-state index contributed by atoms with van der Waals surface area (Å²) >= 11 is 0. The predicted octanol–water partition coefficient (Wildman–Crippen LogP) is 3.09. The molecule has 4 heterocycles. The van der Waals surface area contributed by atoms with Gasteiger partial charge in [-0.3, -0.25) is 9.59 Å². The third kappa shape index (κ3) is 4.90. The molecule has 2 bridgehead atoms. The number of benzene rings is 1. The van der Waals surface area contributed by atoms with Crippen molar-refractivity contribution in [3.05, 3.63) is 29.3 Å². The molecule has 180 valence electrons. The summed E-state index contributed by atoms with van der Waals surface area (Å²) in [6.45, 7) is 3.89.